The maximum absolute atomic E-state index is 11.5. The van der Waals surface area contributed by atoms with Crippen molar-refractivity contribution in [3.05, 3.63) is 47.5 Å². The van der Waals surface area contributed by atoms with Crippen molar-refractivity contribution in [2.24, 2.45) is 0 Å². The van der Waals surface area contributed by atoms with Crippen molar-refractivity contribution in [3.8, 4) is 0 Å². The number of hydrogen-bond acceptors (Lipinski definition) is 2. The second kappa shape index (κ2) is 4.94. The van der Waals surface area contributed by atoms with Crippen molar-refractivity contribution in [1.29, 1.82) is 0 Å². The van der Waals surface area contributed by atoms with E-state index in [1.54, 1.807) is 0 Å². The van der Waals surface area contributed by atoms with Gasteiger partial charge in [-0.15, -0.1) is 0 Å². The SMILES string of the molecule is CC1C=C(CCc2ccccc2)C(=O)NO1. The third-order valence-corrected chi connectivity index (χ3v) is 2.59. The third-order valence-electron chi connectivity index (χ3n) is 2.59. The van der Waals surface area contributed by atoms with Gasteiger partial charge in [-0.3, -0.25) is 9.63 Å². The maximum Gasteiger partial charge on any atom is 0.270 e. The molecule has 0 fully saturated rings. The molecule has 84 valence electrons. The summed E-state index contributed by atoms with van der Waals surface area (Å²) in [5.41, 5.74) is 4.46. The Kier molecular flexibility index (Phi) is 3.37. The van der Waals surface area contributed by atoms with Gasteiger partial charge in [0.1, 0.15) is 6.10 Å². The summed E-state index contributed by atoms with van der Waals surface area (Å²) >= 11 is 0. The summed E-state index contributed by atoms with van der Waals surface area (Å²) in [5, 5.41) is 0. The van der Waals surface area contributed by atoms with Crippen molar-refractivity contribution >= 4 is 5.91 Å². The molecule has 1 amide bonds. The highest BCUT2D eigenvalue weighted by Crippen LogP contribution is 2.13. The molecule has 0 spiro atoms. The number of amides is 1. The average Bonchev–Trinajstić information content (AvgIpc) is 2.32. The van der Waals surface area contributed by atoms with Crippen LogP contribution in [0.4, 0.5) is 0 Å². The van der Waals surface area contributed by atoms with E-state index in [-0.39, 0.29) is 12.0 Å². The Balaban J connectivity index is 1.97. The number of rotatable bonds is 3. The van der Waals surface area contributed by atoms with E-state index in [2.05, 4.69) is 17.6 Å². The maximum atomic E-state index is 11.5. The van der Waals surface area contributed by atoms with E-state index >= 15 is 0 Å². The minimum atomic E-state index is -0.117. The van der Waals surface area contributed by atoms with Gasteiger partial charge < -0.3 is 0 Å². The fraction of sp³-hybridized carbons (Fsp3) is 0.308. The minimum absolute atomic E-state index is 0.0385. The molecule has 0 aromatic heterocycles. The van der Waals surface area contributed by atoms with Crippen LogP contribution in [0.25, 0.3) is 0 Å². The van der Waals surface area contributed by atoms with Crippen LogP contribution >= 0.6 is 0 Å². The first-order chi connectivity index (χ1) is 7.75. The third kappa shape index (κ3) is 2.70. The second-order valence-electron chi connectivity index (χ2n) is 3.93. The van der Waals surface area contributed by atoms with E-state index in [1.807, 2.05) is 31.2 Å². The lowest BCUT2D eigenvalue weighted by molar-refractivity contribution is -0.134. The van der Waals surface area contributed by atoms with Crippen LogP contribution in [0.5, 0.6) is 0 Å². The molecule has 1 aromatic rings. The van der Waals surface area contributed by atoms with Gasteiger partial charge in [-0.25, -0.2) is 5.48 Å². The number of hydrogen-bond donors (Lipinski definition) is 1. The normalized spacial score (nSPS) is 20.2. The van der Waals surface area contributed by atoms with E-state index in [0.29, 0.717) is 0 Å². The van der Waals surface area contributed by atoms with Gasteiger partial charge in [0.15, 0.2) is 0 Å². The van der Waals surface area contributed by atoms with Crippen LogP contribution in [0.3, 0.4) is 0 Å². The first-order valence-corrected chi connectivity index (χ1v) is 5.46. The molecule has 2 rings (SSSR count). The first-order valence-electron chi connectivity index (χ1n) is 5.46. The molecule has 0 radical (unpaired) electrons. The molecule has 1 aliphatic rings. The van der Waals surface area contributed by atoms with Crippen LogP contribution in [0.15, 0.2) is 42.0 Å². The summed E-state index contributed by atoms with van der Waals surface area (Å²) in [6, 6.07) is 10.2. The molecule has 3 nitrogen and oxygen atoms in total. The second-order valence-corrected chi connectivity index (χ2v) is 3.93. The largest absolute Gasteiger partial charge is 0.270 e. The smallest absolute Gasteiger partial charge is 0.267 e. The number of hydroxylamine groups is 1. The Morgan fingerprint density at radius 1 is 1.25 bits per heavy atom. The average molecular weight is 217 g/mol. The van der Waals surface area contributed by atoms with Crippen molar-refractivity contribution in [2.75, 3.05) is 0 Å². The number of carbonyl (C=O) groups is 1. The summed E-state index contributed by atoms with van der Waals surface area (Å²) < 4.78 is 0. The van der Waals surface area contributed by atoms with E-state index in [9.17, 15) is 4.79 Å². The molecule has 0 bridgehead atoms. The predicted molar refractivity (Wildman–Crippen MR) is 61.5 cm³/mol. The standard InChI is InChI=1S/C13H15NO2/c1-10-9-12(13(15)14-16-10)8-7-11-5-3-2-4-6-11/h2-6,9-10H,7-8H2,1H3,(H,14,15). The molecule has 1 N–H and O–H groups in total. The molecule has 1 aliphatic heterocycles. The summed E-state index contributed by atoms with van der Waals surface area (Å²) in [6.45, 7) is 1.90. The molecule has 1 atom stereocenters. The molecule has 0 aliphatic carbocycles. The van der Waals surface area contributed by atoms with E-state index in [4.69, 9.17) is 4.84 Å². The van der Waals surface area contributed by atoms with Crippen LogP contribution < -0.4 is 5.48 Å². The Morgan fingerprint density at radius 2 is 2.00 bits per heavy atom. The molecular formula is C13H15NO2. The lowest BCUT2D eigenvalue weighted by Crippen LogP contribution is -2.34. The molecule has 1 aromatic carbocycles. The topological polar surface area (TPSA) is 38.3 Å². The number of carbonyl (C=O) groups excluding carboxylic acids is 1. The molecule has 3 heteroatoms. The van der Waals surface area contributed by atoms with Crippen LogP contribution in [-0.4, -0.2) is 12.0 Å². The zero-order valence-corrected chi connectivity index (χ0v) is 9.27. The molecule has 1 heterocycles. The highest BCUT2D eigenvalue weighted by molar-refractivity contribution is 5.93. The Labute approximate surface area is 95.1 Å². The lowest BCUT2D eigenvalue weighted by atomic mass is 10.0. The van der Waals surface area contributed by atoms with Crippen LogP contribution in [0.2, 0.25) is 0 Å². The number of nitrogens with one attached hydrogen (secondary N) is 1. The Morgan fingerprint density at radius 3 is 2.75 bits per heavy atom. The van der Waals surface area contributed by atoms with E-state index < -0.39 is 0 Å². The monoisotopic (exact) mass is 217 g/mol. The Bertz CT molecular complexity index is 398. The van der Waals surface area contributed by atoms with Crippen molar-refractivity contribution in [3.63, 3.8) is 0 Å². The number of benzene rings is 1. The van der Waals surface area contributed by atoms with Crippen LogP contribution in [0.1, 0.15) is 18.9 Å². The van der Waals surface area contributed by atoms with E-state index in [0.717, 1.165) is 18.4 Å². The van der Waals surface area contributed by atoms with Crippen molar-refractivity contribution < 1.29 is 9.63 Å². The van der Waals surface area contributed by atoms with Crippen LogP contribution in [-0.2, 0) is 16.1 Å². The Hall–Kier alpha value is -1.61. The zero-order valence-electron chi connectivity index (χ0n) is 9.27. The highest BCUT2D eigenvalue weighted by atomic mass is 16.7. The van der Waals surface area contributed by atoms with E-state index in [1.165, 1.54) is 5.56 Å². The summed E-state index contributed by atoms with van der Waals surface area (Å²) in [7, 11) is 0. The lowest BCUT2D eigenvalue weighted by Gasteiger charge is -2.18. The van der Waals surface area contributed by atoms with Gasteiger partial charge in [0.05, 0.1) is 0 Å². The van der Waals surface area contributed by atoms with Gasteiger partial charge in [-0.1, -0.05) is 30.3 Å². The van der Waals surface area contributed by atoms with Gasteiger partial charge in [0, 0.05) is 5.57 Å². The predicted octanol–water partition coefficient (Wildman–Crippen LogP) is 2.00. The summed E-state index contributed by atoms with van der Waals surface area (Å²) in [6.07, 6.45) is 3.47. The molecule has 16 heavy (non-hydrogen) atoms. The van der Waals surface area contributed by atoms with Crippen molar-refractivity contribution in [2.45, 2.75) is 25.9 Å². The van der Waals surface area contributed by atoms with Gasteiger partial charge in [0.2, 0.25) is 0 Å². The summed E-state index contributed by atoms with van der Waals surface area (Å²) in [5.74, 6) is -0.117. The fourth-order valence-corrected chi connectivity index (χ4v) is 1.73. The summed E-state index contributed by atoms with van der Waals surface area (Å²) in [4.78, 5) is 16.5. The molecule has 1 unspecified atom stereocenters. The molecule has 0 saturated carbocycles. The first kappa shape index (κ1) is 10.9. The molecule has 0 saturated heterocycles. The van der Waals surface area contributed by atoms with Crippen molar-refractivity contribution in [1.82, 2.24) is 5.48 Å². The minimum Gasteiger partial charge on any atom is -0.267 e. The molecular weight excluding hydrogens is 202 g/mol. The van der Waals surface area contributed by atoms with Gasteiger partial charge in [0.25, 0.3) is 5.91 Å². The number of aryl methyl sites for hydroxylation is 1. The quantitative estimate of drug-likeness (QED) is 0.841. The van der Waals surface area contributed by atoms with Gasteiger partial charge in [-0.05, 0) is 31.4 Å². The van der Waals surface area contributed by atoms with Gasteiger partial charge >= 0.3 is 0 Å². The highest BCUT2D eigenvalue weighted by Gasteiger charge is 2.17. The van der Waals surface area contributed by atoms with Crippen LogP contribution in [0, 0.1) is 0 Å². The van der Waals surface area contributed by atoms with Gasteiger partial charge in [-0.2, -0.15) is 0 Å². The fourth-order valence-electron chi connectivity index (χ4n) is 1.73. The zero-order chi connectivity index (χ0) is 11.4.